The van der Waals surface area contributed by atoms with Gasteiger partial charge in [-0.05, 0) is 12.5 Å². The van der Waals surface area contributed by atoms with Crippen LogP contribution in [0.5, 0.6) is 0 Å². The zero-order valence-electron chi connectivity index (χ0n) is 10.9. The number of rotatable bonds is 11. The Labute approximate surface area is 100 Å². The van der Waals surface area contributed by atoms with E-state index in [2.05, 4.69) is 4.90 Å². The molecule has 16 heavy (non-hydrogen) atoms. The molecule has 0 atom stereocenters. The van der Waals surface area contributed by atoms with Crippen molar-refractivity contribution in [2.75, 3.05) is 48.4 Å². The summed E-state index contributed by atoms with van der Waals surface area (Å²) >= 11 is 0. The molecule has 0 heterocycles. The van der Waals surface area contributed by atoms with Crippen molar-refractivity contribution in [2.24, 2.45) is 0 Å². The number of ether oxygens (including phenoxy) is 2. The van der Waals surface area contributed by atoms with Gasteiger partial charge in [0.1, 0.15) is 13.5 Å². The van der Waals surface area contributed by atoms with Gasteiger partial charge in [-0.3, -0.25) is 4.90 Å². The lowest BCUT2D eigenvalue weighted by atomic mass is 10.3. The van der Waals surface area contributed by atoms with Crippen LogP contribution in [0.1, 0.15) is 12.8 Å². The predicted octanol–water partition coefficient (Wildman–Crippen LogP) is 0.790. The third-order valence-electron chi connectivity index (χ3n) is 2.31. The first kappa shape index (κ1) is 16.0. The quantitative estimate of drug-likeness (QED) is 0.308. The van der Waals surface area contributed by atoms with E-state index in [9.17, 15) is 0 Å². The second-order valence-electron chi connectivity index (χ2n) is 3.63. The fourth-order valence-corrected chi connectivity index (χ4v) is 2.80. The smallest absolute Gasteiger partial charge is 0.320 e. The van der Waals surface area contributed by atoms with Crippen molar-refractivity contribution in [3.63, 3.8) is 0 Å². The third-order valence-corrected chi connectivity index (χ3v) is 4.24. The highest BCUT2D eigenvalue weighted by atomic mass is 28.3. The molecule has 0 amide bonds. The van der Waals surface area contributed by atoms with Gasteiger partial charge in [-0.1, -0.05) is 6.42 Å². The average Bonchev–Trinajstić information content (AvgIpc) is 2.30. The number of hydrogen-bond donors (Lipinski definition) is 0. The van der Waals surface area contributed by atoms with Gasteiger partial charge in [-0.2, -0.15) is 0 Å². The minimum atomic E-state index is -1.37. The molecule has 0 saturated heterocycles. The largest absolute Gasteiger partial charge is 0.400 e. The summed E-state index contributed by atoms with van der Waals surface area (Å²) in [6.07, 6.45) is 2.24. The maximum atomic E-state index is 5.26. The Morgan fingerprint density at radius 2 is 1.44 bits per heavy atom. The van der Waals surface area contributed by atoms with Crippen LogP contribution in [-0.2, 0) is 18.3 Å². The molecular formula is C10H25NO4Si. The van der Waals surface area contributed by atoms with Crippen LogP contribution in [0, 0.1) is 0 Å². The van der Waals surface area contributed by atoms with E-state index in [1.807, 2.05) is 0 Å². The van der Waals surface area contributed by atoms with Crippen LogP contribution in [-0.4, -0.2) is 62.6 Å². The van der Waals surface area contributed by atoms with Gasteiger partial charge in [0.15, 0.2) is 0 Å². The molecule has 0 aromatic heterocycles. The molecule has 6 heteroatoms. The molecular weight excluding hydrogens is 226 g/mol. The van der Waals surface area contributed by atoms with E-state index in [1.54, 1.807) is 28.4 Å². The van der Waals surface area contributed by atoms with E-state index in [1.165, 1.54) is 0 Å². The number of hydrogen-bond acceptors (Lipinski definition) is 5. The molecule has 0 aromatic rings. The Balaban J connectivity index is 3.52. The summed E-state index contributed by atoms with van der Waals surface area (Å²) in [5.74, 6) is 0. The van der Waals surface area contributed by atoms with Crippen LogP contribution in [0.4, 0.5) is 0 Å². The van der Waals surface area contributed by atoms with E-state index in [4.69, 9.17) is 18.3 Å². The molecule has 98 valence electrons. The van der Waals surface area contributed by atoms with E-state index < -0.39 is 9.28 Å². The van der Waals surface area contributed by atoms with Crippen molar-refractivity contribution in [1.82, 2.24) is 4.90 Å². The molecule has 0 rings (SSSR count). The topological polar surface area (TPSA) is 40.2 Å². The fourth-order valence-electron chi connectivity index (χ4n) is 1.51. The van der Waals surface area contributed by atoms with E-state index in [0.29, 0.717) is 13.5 Å². The minimum absolute atomic E-state index is 0.614. The molecule has 0 aliphatic heterocycles. The summed E-state index contributed by atoms with van der Waals surface area (Å²) in [5.41, 5.74) is 0. The Hall–Kier alpha value is 0.0169. The number of methoxy groups -OCH3 is 2. The molecule has 0 fully saturated rings. The van der Waals surface area contributed by atoms with Gasteiger partial charge in [-0.25, -0.2) is 0 Å². The molecule has 0 unspecified atom stereocenters. The Kier molecular flexibility index (Phi) is 11.5. The van der Waals surface area contributed by atoms with Gasteiger partial charge >= 0.3 is 9.28 Å². The summed E-state index contributed by atoms with van der Waals surface area (Å²) in [7, 11) is 5.47. The first-order valence-electron chi connectivity index (χ1n) is 5.54. The second kappa shape index (κ2) is 11.5. The van der Waals surface area contributed by atoms with Crippen molar-refractivity contribution in [3.8, 4) is 0 Å². The molecule has 5 nitrogen and oxygen atoms in total. The van der Waals surface area contributed by atoms with Crippen LogP contribution in [0.15, 0.2) is 0 Å². The van der Waals surface area contributed by atoms with Crippen molar-refractivity contribution < 1.29 is 18.3 Å². The summed E-state index contributed by atoms with van der Waals surface area (Å²) in [4.78, 5) is 2.12. The molecule has 0 radical (unpaired) electrons. The lowest BCUT2D eigenvalue weighted by molar-refractivity contribution is -0.0139. The summed E-state index contributed by atoms with van der Waals surface area (Å²) in [5, 5.41) is 0. The molecule has 0 bridgehead atoms. The van der Waals surface area contributed by atoms with Gasteiger partial charge in [0.2, 0.25) is 0 Å². The molecule has 0 aliphatic rings. The van der Waals surface area contributed by atoms with Crippen molar-refractivity contribution in [3.05, 3.63) is 0 Å². The second-order valence-corrected chi connectivity index (χ2v) is 6.01. The SMILES string of the molecule is COCN(CCCC[SiH](OC)OC)COC. The fraction of sp³-hybridized carbons (Fsp3) is 1.00. The average molecular weight is 251 g/mol. The van der Waals surface area contributed by atoms with Crippen LogP contribution in [0.25, 0.3) is 0 Å². The highest BCUT2D eigenvalue weighted by molar-refractivity contribution is 6.44. The Morgan fingerprint density at radius 3 is 1.88 bits per heavy atom. The predicted molar refractivity (Wildman–Crippen MR) is 65.7 cm³/mol. The number of unbranched alkanes of at least 4 members (excludes halogenated alkanes) is 1. The van der Waals surface area contributed by atoms with E-state index in [0.717, 1.165) is 25.4 Å². The maximum absolute atomic E-state index is 5.26. The van der Waals surface area contributed by atoms with Gasteiger partial charge in [-0.15, -0.1) is 0 Å². The van der Waals surface area contributed by atoms with Crippen LogP contribution < -0.4 is 0 Å². The highest BCUT2D eigenvalue weighted by Gasteiger charge is 2.09. The lowest BCUT2D eigenvalue weighted by Crippen LogP contribution is -2.29. The van der Waals surface area contributed by atoms with Crippen molar-refractivity contribution in [1.29, 1.82) is 0 Å². The van der Waals surface area contributed by atoms with Crippen molar-refractivity contribution >= 4 is 9.28 Å². The first-order valence-corrected chi connectivity index (χ1v) is 7.30. The van der Waals surface area contributed by atoms with Crippen molar-refractivity contribution in [2.45, 2.75) is 18.9 Å². The lowest BCUT2D eigenvalue weighted by Gasteiger charge is -2.20. The van der Waals surface area contributed by atoms with Crippen LogP contribution >= 0.6 is 0 Å². The Morgan fingerprint density at radius 1 is 0.875 bits per heavy atom. The molecule has 0 saturated carbocycles. The summed E-state index contributed by atoms with van der Waals surface area (Å²) in [6.45, 7) is 2.21. The summed E-state index contributed by atoms with van der Waals surface area (Å²) < 4.78 is 20.7. The molecule has 0 aliphatic carbocycles. The van der Waals surface area contributed by atoms with Crippen LogP contribution in [0.2, 0.25) is 6.04 Å². The maximum Gasteiger partial charge on any atom is 0.320 e. The van der Waals surface area contributed by atoms with Gasteiger partial charge in [0, 0.05) is 35.0 Å². The third kappa shape index (κ3) is 8.20. The number of nitrogens with zero attached hydrogens (tertiary/aromatic N) is 1. The van der Waals surface area contributed by atoms with Gasteiger partial charge in [0.25, 0.3) is 0 Å². The van der Waals surface area contributed by atoms with E-state index in [-0.39, 0.29) is 0 Å². The molecule has 0 spiro atoms. The minimum Gasteiger partial charge on any atom is -0.400 e. The standard InChI is InChI=1S/C10H25NO4Si/c1-12-9-11(10-13-2)7-5-6-8-16(14-3)15-4/h16H,5-10H2,1-4H3. The monoisotopic (exact) mass is 251 g/mol. The van der Waals surface area contributed by atoms with E-state index >= 15 is 0 Å². The zero-order valence-corrected chi connectivity index (χ0v) is 12.1. The van der Waals surface area contributed by atoms with Crippen LogP contribution in [0.3, 0.4) is 0 Å². The summed E-state index contributed by atoms with van der Waals surface area (Å²) in [6, 6.07) is 1.06. The normalized spacial score (nSPS) is 11.6. The van der Waals surface area contributed by atoms with Gasteiger partial charge in [0.05, 0.1) is 0 Å². The zero-order chi connectivity index (χ0) is 12.2. The van der Waals surface area contributed by atoms with Gasteiger partial charge < -0.3 is 18.3 Å². The highest BCUT2D eigenvalue weighted by Crippen LogP contribution is 2.04. The Bertz CT molecular complexity index is 141. The first-order chi connectivity index (χ1) is 7.78. The molecule has 0 N–H and O–H groups in total. The molecule has 0 aromatic carbocycles.